The molecule has 0 radical (unpaired) electrons. The van der Waals surface area contributed by atoms with Gasteiger partial charge in [0, 0.05) is 10.4 Å². The predicted molar refractivity (Wildman–Crippen MR) is 105 cm³/mol. The van der Waals surface area contributed by atoms with Crippen LogP contribution in [0.3, 0.4) is 0 Å². The molecule has 10 heteroatoms. The Hall–Kier alpha value is -1.42. The van der Waals surface area contributed by atoms with Gasteiger partial charge in [-0.15, -0.1) is 11.3 Å². The lowest BCUT2D eigenvalue weighted by molar-refractivity contribution is -0.118. The topological polar surface area (TPSA) is 89.5 Å². The van der Waals surface area contributed by atoms with Crippen LogP contribution in [0.15, 0.2) is 39.7 Å². The molecule has 6 nitrogen and oxygen atoms in total. The Bertz CT molecular complexity index is 925. The van der Waals surface area contributed by atoms with Crippen LogP contribution >= 0.6 is 38.9 Å². The van der Waals surface area contributed by atoms with Gasteiger partial charge in [0.15, 0.2) is 9.84 Å². The minimum absolute atomic E-state index is 0.133. The second-order valence-electron chi connectivity index (χ2n) is 5.41. The number of methoxy groups -OCH3 is 1. The molecule has 1 amide bonds. The Morgan fingerprint density at radius 3 is 2.50 bits per heavy atom. The van der Waals surface area contributed by atoms with Crippen LogP contribution in [0.25, 0.3) is 0 Å². The second-order valence-corrected chi connectivity index (χ2v) is 10.0. The van der Waals surface area contributed by atoms with Crippen molar-refractivity contribution in [3.63, 3.8) is 0 Å². The average Bonchev–Trinajstić information content (AvgIpc) is 2.94. The molecule has 1 aromatic heterocycles. The number of amides is 1. The number of halogens is 2. The molecular formula is C16H15BrClNO5S2. The van der Waals surface area contributed by atoms with Gasteiger partial charge in [-0.05, 0) is 30.3 Å². The second kappa shape index (κ2) is 8.51. The number of ether oxygens (including phenoxy) is 1. The van der Waals surface area contributed by atoms with Crippen LogP contribution in [0.4, 0.5) is 5.69 Å². The first-order valence-corrected chi connectivity index (χ1v) is 10.9. The first-order chi connectivity index (χ1) is 12.1. The third-order valence-corrected chi connectivity index (χ3v) is 7.12. The van der Waals surface area contributed by atoms with Crippen LogP contribution in [-0.2, 0) is 19.4 Å². The first kappa shape index (κ1) is 20.9. The third kappa shape index (κ3) is 5.06. The first-order valence-electron chi connectivity index (χ1n) is 7.31. The summed E-state index contributed by atoms with van der Waals surface area (Å²) in [4.78, 5) is 24.4. The molecule has 1 aromatic carbocycles. The minimum Gasteiger partial charge on any atom is -0.465 e. The SMILES string of the molecule is COC(=O)c1sc(Cl)cc1NC(=O)C(C)CS(=O)(=O)c1ccc(Br)cc1. The van der Waals surface area contributed by atoms with E-state index in [2.05, 4.69) is 26.0 Å². The number of anilines is 1. The number of carbonyl (C=O) groups is 2. The Morgan fingerprint density at radius 1 is 1.31 bits per heavy atom. The zero-order chi connectivity index (χ0) is 19.5. The van der Waals surface area contributed by atoms with Crippen molar-refractivity contribution in [1.82, 2.24) is 0 Å². The van der Waals surface area contributed by atoms with Crippen molar-refractivity contribution in [2.24, 2.45) is 5.92 Å². The number of hydrogen-bond donors (Lipinski definition) is 1. The molecule has 1 N–H and O–H groups in total. The van der Waals surface area contributed by atoms with Crippen LogP contribution < -0.4 is 5.32 Å². The Kier molecular flexibility index (Phi) is 6.84. The standard InChI is InChI=1S/C16H15BrClNO5S2/c1-9(8-26(22,23)11-5-3-10(17)4-6-11)15(20)19-12-7-13(18)25-14(12)16(21)24-2/h3-7,9H,8H2,1-2H3,(H,19,20). The van der Waals surface area contributed by atoms with Crippen LogP contribution in [0.5, 0.6) is 0 Å². The zero-order valence-electron chi connectivity index (χ0n) is 13.8. The molecule has 1 atom stereocenters. The van der Waals surface area contributed by atoms with Gasteiger partial charge in [0.05, 0.1) is 27.8 Å². The fourth-order valence-electron chi connectivity index (χ4n) is 2.10. The Morgan fingerprint density at radius 2 is 1.92 bits per heavy atom. The smallest absolute Gasteiger partial charge is 0.350 e. The molecule has 1 unspecified atom stereocenters. The van der Waals surface area contributed by atoms with Gasteiger partial charge in [-0.2, -0.15) is 0 Å². The highest BCUT2D eigenvalue weighted by Crippen LogP contribution is 2.32. The quantitative estimate of drug-likeness (QED) is 0.631. The van der Waals surface area contributed by atoms with E-state index in [1.807, 2.05) is 0 Å². The fourth-order valence-corrected chi connectivity index (χ4v) is 5.01. The van der Waals surface area contributed by atoms with Crippen LogP contribution in [0.1, 0.15) is 16.6 Å². The largest absolute Gasteiger partial charge is 0.465 e. The van der Waals surface area contributed by atoms with E-state index in [9.17, 15) is 18.0 Å². The van der Waals surface area contributed by atoms with Gasteiger partial charge in [-0.1, -0.05) is 34.5 Å². The molecule has 1 heterocycles. The molecule has 0 aliphatic heterocycles. The lowest BCUT2D eigenvalue weighted by Gasteiger charge is -2.13. The van der Waals surface area contributed by atoms with Gasteiger partial charge in [0.25, 0.3) is 0 Å². The number of nitrogens with one attached hydrogen (secondary N) is 1. The summed E-state index contributed by atoms with van der Waals surface area (Å²) in [5.74, 6) is -2.38. The minimum atomic E-state index is -3.64. The van der Waals surface area contributed by atoms with E-state index in [-0.39, 0.29) is 21.2 Å². The van der Waals surface area contributed by atoms with Gasteiger partial charge < -0.3 is 10.1 Å². The van der Waals surface area contributed by atoms with Gasteiger partial charge in [-0.25, -0.2) is 13.2 Å². The van der Waals surface area contributed by atoms with E-state index < -0.39 is 27.6 Å². The molecule has 0 aliphatic rings. The van der Waals surface area contributed by atoms with Crippen molar-refractivity contribution in [2.75, 3.05) is 18.2 Å². The number of hydrogen-bond acceptors (Lipinski definition) is 6. The van der Waals surface area contributed by atoms with Crippen molar-refractivity contribution in [2.45, 2.75) is 11.8 Å². The third-order valence-electron chi connectivity index (χ3n) is 3.42. The number of rotatable bonds is 6. The highest BCUT2D eigenvalue weighted by Gasteiger charge is 2.25. The Labute approximate surface area is 168 Å². The molecule has 0 saturated heterocycles. The number of benzene rings is 1. The summed E-state index contributed by atoms with van der Waals surface area (Å²) in [6.07, 6.45) is 0. The van der Waals surface area contributed by atoms with Crippen molar-refractivity contribution >= 4 is 66.3 Å². The molecule has 0 saturated carbocycles. The lowest BCUT2D eigenvalue weighted by Crippen LogP contribution is -2.27. The maximum absolute atomic E-state index is 12.4. The van der Waals surface area contributed by atoms with Crippen molar-refractivity contribution in [3.8, 4) is 0 Å². The summed E-state index contributed by atoms with van der Waals surface area (Å²) in [5.41, 5.74) is 0.199. The van der Waals surface area contributed by atoms with Gasteiger partial charge in [0.1, 0.15) is 4.88 Å². The number of thiophene rings is 1. The van der Waals surface area contributed by atoms with E-state index in [0.29, 0.717) is 4.34 Å². The van der Waals surface area contributed by atoms with E-state index in [1.54, 1.807) is 12.1 Å². The molecular weight excluding hydrogens is 466 g/mol. The van der Waals surface area contributed by atoms with Crippen LogP contribution in [0, 0.1) is 5.92 Å². The lowest BCUT2D eigenvalue weighted by atomic mass is 10.2. The van der Waals surface area contributed by atoms with Crippen molar-refractivity contribution < 1.29 is 22.7 Å². The number of esters is 1. The summed E-state index contributed by atoms with van der Waals surface area (Å²) in [6.45, 7) is 1.50. The maximum Gasteiger partial charge on any atom is 0.350 e. The maximum atomic E-state index is 12.4. The molecule has 0 bridgehead atoms. The van der Waals surface area contributed by atoms with Crippen LogP contribution in [-0.4, -0.2) is 33.2 Å². The van der Waals surface area contributed by atoms with Crippen molar-refractivity contribution in [1.29, 1.82) is 0 Å². The van der Waals surface area contributed by atoms with E-state index in [1.165, 1.54) is 32.2 Å². The van der Waals surface area contributed by atoms with Gasteiger partial charge >= 0.3 is 5.97 Å². The fraction of sp³-hybridized carbons (Fsp3) is 0.250. The normalized spacial score (nSPS) is 12.5. The van der Waals surface area contributed by atoms with Gasteiger partial charge in [-0.3, -0.25) is 4.79 Å². The number of carbonyl (C=O) groups excluding carboxylic acids is 2. The van der Waals surface area contributed by atoms with E-state index in [4.69, 9.17) is 11.6 Å². The van der Waals surface area contributed by atoms with E-state index in [0.717, 1.165) is 15.8 Å². The predicted octanol–water partition coefficient (Wildman–Crippen LogP) is 4.00. The highest BCUT2D eigenvalue weighted by molar-refractivity contribution is 9.10. The molecule has 26 heavy (non-hydrogen) atoms. The average molecular weight is 481 g/mol. The van der Waals surface area contributed by atoms with Crippen molar-refractivity contribution in [3.05, 3.63) is 44.0 Å². The summed E-state index contributed by atoms with van der Waals surface area (Å²) in [5, 5.41) is 2.54. The summed E-state index contributed by atoms with van der Waals surface area (Å²) in [6, 6.07) is 7.60. The molecule has 2 aromatic rings. The Balaban J connectivity index is 2.13. The molecule has 0 spiro atoms. The monoisotopic (exact) mass is 479 g/mol. The highest BCUT2D eigenvalue weighted by atomic mass is 79.9. The summed E-state index contributed by atoms with van der Waals surface area (Å²) >= 11 is 10.1. The summed E-state index contributed by atoms with van der Waals surface area (Å²) in [7, 11) is -2.42. The number of sulfone groups is 1. The van der Waals surface area contributed by atoms with Gasteiger partial charge in [0.2, 0.25) is 5.91 Å². The molecule has 2 rings (SSSR count). The molecule has 140 valence electrons. The molecule has 0 aliphatic carbocycles. The van der Waals surface area contributed by atoms with Crippen LogP contribution in [0.2, 0.25) is 4.34 Å². The summed E-state index contributed by atoms with van der Waals surface area (Å²) < 4.78 is 30.6. The van der Waals surface area contributed by atoms with E-state index >= 15 is 0 Å². The molecule has 0 fully saturated rings. The zero-order valence-corrected chi connectivity index (χ0v) is 17.8.